The number of ether oxygens (including phenoxy) is 2. The molecule has 0 radical (unpaired) electrons. The van der Waals surface area contributed by atoms with Crippen LogP contribution in [0.3, 0.4) is 0 Å². The van der Waals surface area contributed by atoms with Crippen LogP contribution in [0.2, 0.25) is 0 Å². The minimum Gasteiger partial charge on any atom is -0.463 e. The maximum absolute atomic E-state index is 10.9. The summed E-state index contributed by atoms with van der Waals surface area (Å²) in [5.74, 6) is -0.338. The molecule has 0 bridgehead atoms. The highest BCUT2D eigenvalue weighted by Gasteiger charge is 2.04. The van der Waals surface area contributed by atoms with E-state index in [0.29, 0.717) is 12.5 Å². The molecule has 0 N–H and O–H groups in total. The highest BCUT2D eigenvalue weighted by atomic mass is 16.6. The van der Waals surface area contributed by atoms with Gasteiger partial charge in [-0.25, -0.2) is 4.79 Å². The Morgan fingerprint density at radius 3 is 2.36 bits per heavy atom. The Morgan fingerprint density at radius 1 is 1.21 bits per heavy atom. The normalized spacial score (nSPS) is 10.0. The van der Waals surface area contributed by atoms with Crippen LogP contribution < -0.4 is 0 Å². The zero-order chi connectivity index (χ0) is 11.0. The molecule has 0 unspecified atom stereocenters. The summed E-state index contributed by atoms with van der Waals surface area (Å²) in [6, 6.07) is 0. The van der Waals surface area contributed by atoms with Gasteiger partial charge in [-0.2, -0.15) is 0 Å². The van der Waals surface area contributed by atoms with E-state index in [1.54, 1.807) is 0 Å². The van der Waals surface area contributed by atoms with E-state index in [1.807, 2.05) is 0 Å². The lowest BCUT2D eigenvalue weighted by molar-refractivity contribution is -0.157. The molecule has 0 aromatic rings. The quantitative estimate of drug-likeness (QED) is 0.484. The number of rotatable bonds is 6. The molecule has 14 heavy (non-hydrogen) atoms. The molecule has 0 aromatic heterocycles. The average molecular weight is 202 g/mol. The van der Waals surface area contributed by atoms with Gasteiger partial charge in [-0.3, -0.25) is 4.79 Å². The number of hydrogen-bond donors (Lipinski definition) is 0. The first-order chi connectivity index (χ1) is 6.52. The molecule has 0 aromatic carbocycles. The fourth-order valence-electron chi connectivity index (χ4n) is 0.880. The van der Waals surface area contributed by atoms with Crippen LogP contribution in [0.1, 0.15) is 33.6 Å². The molecular formula is C10H18O4. The predicted octanol–water partition coefficient (Wildman–Crippen LogP) is 1.53. The molecule has 82 valence electrons. The van der Waals surface area contributed by atoms with Crippen molar-refractivity contribution in [1.82, 2.24) is 0 Å². The Hall–Kier alpha value is -1.06. The Kier molecular flexibility index (Phi) is 6.80. The van der Waals surface area contributed by atoms with E-state index in [2.05, 4.69) is 18.6 Å². The maximum Gasteiger partial charge on any atom is 0.344 e. The van der Waals surface area contributed by atoms with Crippen LogP contribution in [0.5, 0.6) is 0 Å². The monoisotopic (exact) mass is 202 g/mol. The molecule has 0 rings (SSSR count). The van der Waals surface area contributed by atoms with Gasteiger partial charge >= 0.3 is 11.9 Å². The van der Waals surface area contributed by atoms with Crippen LogP contribution in [0, 0.1) is 5.92 Å². The second kappa shape index (κ2) is 7.35. The van der Waals surface area contributed by atoms with Crippen molar-refractivity contribution in [2.24, 2.45) is 5.92 Å². The number of esters is 2. The third kappa shape index (κ3) is 9.03. The van der Waals surface area contributed by atoms with Crippen molar-refractivity contribution < 1.29 is 19.1 Å². The van der Waals surface area contributed by atoms with Crippen LogP contribution in [0.15, 0.2) is 0 Å². The third-order valence-corrected chi connectivity index (χ3v) is 1.58. The first-order valence-electron chi connectivity index (χ1n) is 4.81. The molecule has 0 spiro atoms. The van der Waals surface area contributed by atoms with Crippen molar-refractivity contribution in [2.75, 3.05) is 13.2 Å². The second-order valence-corrected chi connectivity index (χ2v) is 3.54. The average Bonchev–Trinajstić information content (AvgIpc) is 2.08. The standard InChI is InChI=1S/C10H18O4/c1-8(2)5-4-6-13-10(12)7-14-9(3)11/h8H,4-7H2,1-3H3. The van der Waals surface area contributed by atoms with Crippen molar-refractivity contribution in [3.63, 3.8) is 0 Å². The molecule has 0 atom stereocenters. The van der Waals surface area contributed by atoms with E-state index in [1.165, 1.54) is 6.92 Å². The van der Waals surface area contributed by atoms with Gasteiger partial charge in [0.05, 0.1) is 6.61 Å². The maximum atomic E-state index is 10.9. The Balaban J connectivity index is 3.31. The Labute approximate surface area is 84.6 Å². The van der Waals surface area contributed by atoms with Crippen LogP contribution >= 0.6 is 0 Å². The van der Waals surface area contributed by atoms with Gasteiger partial charge in [-0.1, -0.05) is 13.8 Å². The molecule has 0 fully saturated rings. The largest absolute Gasteiger partial charge is 0.463 e. The predicted molar refractivity (Wildman–Crippen MR) is 51.7 cm³/mol. The third-order valence-electron chi connectivity index (χ3n) is 1.58. The zero-order valence-corrected chi connectivity index (χ0v) is 9.04. The summed E-state index contributed by atoms with van der Waals surface area (Å²) >= 11 is 0. The minimum atomic E-state index is -0.482. The number of carbonyl (C=O) groups excluding carboxylic acids is 2. The van der Waals surface area contributed by atoms with Gasteiger partial charge in [-0.05, 0) is 18.8 Å². The van der Waals surface area contributed by atoms with Gasteiger partial charge in [-0.15, -0.1) is 0 Å². The summed E-state index contributed by atoms with van der Waals surface area (Å²) in [6.07, 6.45) is 1.88. The summed E-state index contributed by atoms with van der Waals surface area (Å²) < 4.78 is 9.29. The summed E-state index contributed by atoms with van der Waals surface area (Å²) in [5, 5.41) is 0. The van der Waals surface area contributed by atoms with Gasteiger partial charge in [0.1, 0.15) is 0 Å². The van der Waals surface area contributed by atoms with Crippen LogP contribution in [0.4, 0.5) is 0 Å². The van der Waals surface area contributed by atoms with Gasteiger partial charge in [0.25, 0.3) is 0 Å². The molecule has 0 amide bonds. The molecule has 4 nitrogen and oxygen atoms in total. The van der Waals surface area contributed by atoms with Gasteiger partial charge in [0.2, 0.25) is 0 Å². The van der Waals surface area contributed by atoms with Gasteiger partial charge in [0.15, 0.2) is 6.61 Å². The lowest BCUT2D eigenvalue weighted by Gasteiger charge is -2.06. The molecule has 4 heteroatoms. The summed E-state index contributed by atoms with van der Waals surface area (Å²) in [5.41, 5.74) is 0. The molecule has 0 saturated carbocycles. The second-order valence-electron chi connectivity index (χ2n) is 3.54. The first kappa shape index (κ1) is 12.9. The van der Waals surface area contributed by atoms with Crippen molar-refractivity contribution in [3.8, 4) is 0 Å². The van der Waals surface area contributed by atoms with E-state index in [-0.39, 0.29) is 6.61 Å². The molecular weight excluding hydrogens is 184 g/mol. The van der Waals surface area contributed by atoms with Crippen LogP contribution in [0.25, 0.3) is 0 Å². The topological polar surface area (TPSA) is 52.6 Å². The molecule has 0 aliphatic rings. The summed E-state index contributed by atoms with van der Waals surface area (Å²) in [6.45, 7) is 5.60. The van der Waals surface area contributed by atoms with E-state index in [9.17, 15) is 9.59 Å². The molecule has 0 saturated heterocycles. The van der Waals surface area contributed by atoms with Crippen molar-refractivity contribution in [3.05, 3.63) is 0 Å². The highest BCUT2D eigenvalue weighted by Crippen LogP contribution is 2.03. The zero-order valence-electron chi connectivity index (χ0n) is 9.04. The highest BCUT2D eigenvalue weighted by molar-refractivity contribution is 5.75. The van der Waals surface area contributed by atoms with E-state index in [4.69, 9.17) is 4.74 Å². The fourth-order valence-corrected chi connectivity index (χ4v) is 0.880. The lowest BCUT2D eigenvalue weighted by Crippen LogP contribution is -2.15. The Morgan fingerprint density at radius 2 is 1.86 bits per heavy atom. The van der Waals surface area contributed by atoms with E-state index in [0.717, 1.165) is 12.8 Å². The van der Waals surface area contributed by atoms with E-state index >= 15 is 0 Å². The van der Waals surface area contributed by atoms with Crippen molar-refractivity contribution in [1.29, 1.82) is 0 Å². The fraction of sp³-hybridized carbons (Fsp3) is 0.800. The molecule has 0 heterocycles. The van der Waals surface area contributed by atoms with E-state index < -0.39 is 11.9 Å². The minimum absolute atomic E-state index is 0.281. The lowest BCUT2D eigenvalue weighted by atomic mass is 10.1. The molecule has 0 aliphatic carbocycles. The van der Waals surface area contributed by atoms with Crippen molar-refractivity contribution in [2.45, 2.75) is 33.6 Å². The smallest absolute Gasteiger partial charge is 0.344 e. The number of carbonyl (C=O) groups is 2. The van der Waals surface area contributed by atoms with Crippen LogP contribution in [-0.4, -0.2) is 25.2 Å². The Bertz CT molecular complexity index is 187. The van der Waals surface area contributed by atoms with Crippen LogP contribution in [-0.2, 0) is 19.1 Å². The van der Waals surface area contributed by atoms with Gasteiger partial charge in [0, 0.05) is 6.92 Å². The number of hydrogen-bond acceptors (Lipinski definition) is 4. The first-order valence-corrected chi connectivity index (χ1v) is 4.81. The SMILES string of the molecule is CC(=O)OCC(=O)OCCCC(C)C. The summed E-state index contributed by atoms with van der Waals surface area (Å²) in [4.78, 5) is 21.2. The van der Waals surface area contributed by atoms with Crippen molar-refractivity contribution >= 4 is 11.9 Å². The molecule has 0 aliphatic heterocycles. The summed E-state index contributed by atoms with van der Waals surface area (Å²) in [7, 11) is 0. The van der Waals surface area contributed by atoms with Gasteiger partial charge < -0.3 is 9.47 Å².